The molecule has 0 saturated heterocycles. The molecule has 0 unspecified atom stereocenters. The minimum Gasteiger partial charge on any atom is -0.398 e. The van der Waals surface area contributed by atoms with Gasteiger partial charge in [-0.05, 0) is 25.1 Å². The quantitative estimate of drug-likeness (QED) is 0.833. The number of nitrogens with zero attached hydrogens (tertiary/aromatic N) is 2. The van der Waals surface area contributed by atoms with E-state index in [4.69, 9.17) is 17.3 Å². The minimum atomic E-state index is -3.59. The largest absolute Gasteiger partial charge is 0.398 e. The van der Waals surface area contributed by atoms with Gasteiger partial charge in [0.25, 0.3) is 0 Å². The zero-order valence-corrected chi connectivity index (χ0v) is 14.1. The molecule has 0 bridgehead atoms. The molecule has 0 amide bonds. The lowest BCUT2D eigenvalue weighted by Gasteiger charge is -2.08. The van der Waals surface area contributed by atoms with Crippen molar-refractivity contribution in [2.24, 2.45) is 7.05 Å². The molecule has 0 atom stereocenters. The van der Waals surface area contributed by atoms with Gasteiger partial charge in [0.1, 0.15) is 5.15 Å². The van der Waals surface area contributed by atoms with Crippen LogP contribution in [-0.2, 0) is 22.6 Å². The average Bonchev–Trinajstić information content (AvgIpc) is 2.59. The Morgan fingerprint density at radius 2 is 2.10 bits per heavy atom. The highest BCUT2D eigenvalue weighted by Gasteiger charge is 2.23. The maximum absolute atomic E-state index is 12.5. The zero-order valence-electron chi connectivity index (χ0n) is 10.9. The number of nitrogens with two attached hydrogens (primary N) is 1. The first-order chi connectivity index (χ1) is 9.22. The summed E-state index contributed by atoms with van der Waals surface area (Å²) in [7, 11) is -1.93. The second kappa shape index (κ2) is 5.38. The van der Waals surface area contributed by atoms with Crippen molar-refractivity contribution in [3.8, 4) is 0 Å². The predicted molar refractivity (Wildman–Crippen MR) is 82.4 cm³/mol. The maximum atomic E-state index is 12.5. The van der Waals surface area contributed by atoms with Gasteiger partial charge in [-0.3, -0.25) is 4.68 Å². The summed E-state index contributed by atoms with van der Waals surface area (Å²) in [6.07, 6.45) is 0. The molecule has 2 rings (SSSR count). The Labute approximate surface area is 130 Å². The summed E-state index contributed by atoms with van der Waals surface area (Å²) in [5.74, 6) is -0.230. The van der Waals surface area contributed by atoms with Crippen LogP contribution in [0.25, 0.3) is 0 Å². The highest BCUT2D eigenvalue weighted by molar-refractivity contribution is 9.10. The van der Waals surface area contributed by atoms with Gasteiger partial charge >= 0.3 is 0 Å². The first-order valence-corrected chi connectivity index (χ1v) is 8.50. The van der Waals surface area contributed by atoms with Gasteiger partial charge in [0.05, 0.1) is 22.0 Å². The molecule has 8 heteroatoms. The topological polar surface area (TPSA) is 78.0 Å². The van der Waals surface area contributed by atoms with Crippen molar-refractivity contribution >= 4 is 43.1 Å². The SMILES string of the molecule is Cc1nn(C)c(Cl)c1CS(=O)(=O)c1cc(Br)ccc1N. The van der Waals surface area contributed by atoms with Crippen molar-refractivity contribution in [2.45, 2.75) is 17.6 Å². The van der Waals surface area contributed by atoms with Gasteiger partial charge in [0.15, 0.2) is 9.84 Å². The van der Waals surface area contributed by atoms with Gasteiger partial charge in [0.2, 0.25) is 0 Å². The number of halogens is 2. The summed E-state index contributed by atoms with van der Waals surface area (Å²) >= 11 is 9.32. The van der Waals surface area contributed by atoms with Crippen LogP contribution < -0.4 is 5.73 Å². The van der Waals surface area contributed by atoms with E-state index in [9.17, 15) is 8.42 Å². The van der Waals surface area contributed by atoms with E-state index in [1.165, 1.54) is 10.7 Å². The van der Waals surface area contributed by atoms with Gasteiger partial charge < -0.3 is 5.73 Å². The zero-order chi connectivity index (χ0) is 15.1. The number of aryl methyl sites for hydroxylation is 2. The molecule has 0 fully saturated rings. The Morgan fingerprint density at radius 1 is 1.45 bits per heavy atom. The molecule has 0 aliphatic carbocycles. The monoisotopic (exact) mass is 377 g/mol. The summed E-state index contributed by atoms with van der Waals surface area (Å²) < 4.78 is 27.1. The number of hydrogen-bond acceptors (Lipinski definition) is 4. The van der Waals surface area contributed by atoms with Crippen LogP contribution in [0.3, 0.4) is 0 Å². The summed E-state index contributed by atoms with van der Waals surface area (Å²) in [4.78, 5) is 0.0891. The molecule has 0 aliphatic rings. The van der Waals surface area contributed by atoms with E-state index in [-0.39, 0.29) is 16.3 Å². The van der Waals surface area contributed by atoms with E-state index in [2.05, 4.69) is 21.0 Å². The number of aromatic nitrogens is 2. The molecule has 20 heavy (non-hydrogen) atoms. The second-order valence-electron chi connectivity index (χ2n) is 4.42. The summed E-state index contributed by atoms with van der Waals surface area (Å²) in [6, 6.07) is 4.73. The van der Waals surface area contributed by atoms with Crippen LogP contribution in [0.1, 0.15) is 11.3 Å². The maximum Gasteiger partial charge on any atom is 0.184 e. The lowest BCUT2D eigenvalue weighted by Crippen LogP contribution is -2.08. The Hall–Kier alpha value is -1.05. The molecule has 0 radical (unpaired) electrons. The fraction of sp³-hybridized carbons (Fsp3) is 0.250. The van der Waals surface area contributed by atoms with Crippen molar-refractivity contribution in [1.29, 1.82) is 0 Å². The van der Waals surface area contributed by atoms with Crippen molar-refractivity contribution in [3.63, 3.8) is 0 Å². The molecule has 0 spiro atoms. The first kappa shape index (κ1) is 15.3. The molecular formula is C12H13BrClN3O2S. The summed E-state index contributed by atoms with van der Waals surface area (Å²) in [5.41, 5.74) is 7.06. The number of anilines is 1. The van der Waals surface area contributed by atoms with E-state index < -0.39 is 9.84 Å². The van der Waals surface area contributed by atoms with E-state index >= 15 is 0 Å². The third-order valence-corrected chi connectivity index (χ3v) is 5.57. The Balaban J connectivity index is 2.49. The van der Waals surface area contributed by atoms with Crippen molar-refractivity contribution in [3.05, 3.63) is 39.1 Å². The highest BCUT2D eigenvalue weighted by atomic mass is 79.9. The van der Waals surface area contributed by atoms with Crippen LogP contribution in [0, 0.1) is 6.92 Å². The molecule has 5 nitrogen and oxygen atoms in total. The van der Waals surface area contributed by atoms with E-state index in [0.717, 1.165) is 0 Å². The van der Waals surface area contributed by atoms with Crippen LogP contribution in [0.5, 0.6) is 0 Å². The molecule has 108 valence electrons. The Morgan fingerprint density at radius 3 is 2.65 bits per heavy atom. The number of sulfone groups is 1. The fourth-order valence-corrected chi connectivity index (χ4v) is 4.33. The molecule has 1 aromatic heterocycles. The molecule has 1 aromatic carbocycles. The molecule has 2 aromatic rings. The normalized spacial score (nSPS) is 11.8. The van der Waals surface area contributed by atoms with Gasteiger partial charge in [-0.1, -0.05) is 27.5 Å². The fourth-order valence-electron chi connectivity index (χ4n) is 1.88. The smallest absolute Gasteiger partial charge is 0.184 e. The number of rotatable bonds is 3. The van der Waals surface area contributed by atoms with Crippen molar-refractivity contribution < 1.29 is 8.42 Å². The lowest BCUT2D eigenvalue weighted by molar-refractivity contribution is 0.595. The van der Waals surface area contributed by atoms with E-state index in [0.29, 0.717) is 20.9 Å². The minimum absolute atomic E-state index is 0.0891. The molecule has 0 saturated carbocycles. The van der Waals surface area contributed by atoms with Crippen LogP contribution in [0.15, 0.2) is 27.6 Å². The van der Waals surface area contributed by atoms with Crippen LogP contribution >= 0.6 is 27.5 Å². The highest BCUT2D eigenvalue weighted by Crippen LogP contribution is 2.29. The first-order valence-electron chi connectivity index (χ1n) is 5.68. The van der Waals surface area contributed by atoms with E-state index in [1.807, 2.05) is 0 Å². The third-order valence-electron chi connectivity index (χ3n) is 2.91. The number of benzene rings is 1. The van der Waals surface area contributed by atoms with Gasteiger partial charge in [-0.25, -0.2) is 8.42 Å². The summed E-state index contributed by atoms with van der Waals surface area (Å²) in [5, 5.41) is 4.43. The Bertz CT molecular complexity index is 771. The second-order valence-corrected chi connectivity index (χ2v) is 7.65. The van der Waals surface area contributed by atoms with Crippen molar-refractivity contribution in [2.75, 3.05) is 5.73 Å². The standard InChI is InChI=1S/C12H13BrClN3O2S/c1-7-9(12(14)17(2)16-7)6-20(18,19)11-5-8(13)3-4-10(11)15/h3-5H,6,15H2,1-2H3. The van der Waals surface area contributed by atoms with Crippen LogP contribution in [0.2, 0.25) is 5.15 Å². The van der Waals surface area contributed by atoms with Crippen molar-refractivity contribution in [1.82, 2.24) is 9.78 Å². The molecule has 0 aliphatic heterocycles. The predicted octanol–water partition coefficient (Wildman–Crippen LogP) is 2.70. The van der Waals surface area contributed by atoms with Gasteiger partial charge in [0, 0.05) is 17.1 Å². The molecule has 2 N–H and O–H groups in total. The van der Waals surface area contributed by atoms with E-state index in [1.54, 1.807) is 26.1 Å². The Kier molecular flexibility index (Phi) is 4.13. The molecular weight excluding hydrogens is 366 g/mol. The number of nitrogen functional groups attached to an aromatic ring is 1. The van der Waals surface area contributed by atoms with Gasteiger partial charge in [-0.15, -0.1) is 0 Å². The third kappa shape index (κ3) is 2.84. The number of hydrogen-bond donors (Lipinski definition) is 1. The average molecular weight is 379 g/mol. The van der Waals surface area contributed by atoms with Gasteiger partial charge in [-0.2, -0.15) is 5.10 Å². The van der Waals surface area contributed by atoms with Crippen LogP contribution in [0.4, 0.5) is 5.69 Å². The summed E-state index contributed by atoms with van der Waals surface area (Å²) in [6.45, 7) is 1.72. The lowest BCUT2D eigenvalue weighted by atomic mass is 10.3. The van der Waals surface area contributed by atoms with Crippen LogP contribution in [-0.4, -0.2) is 18.2 Å². The molecule has 1 heterocycles.